The van der Waals surface area contributed by atoms with Crippen LogP contribution in [-0.2, 0) is 0 Å². The zero-order valence-electron chi connectivity index (χ0n) is 13.0. The average molecular weight is 288 g/mol. The van der Waals surface area contributed by atoms with Crippen molar-refractivity contribution >= 4 is 21.2 Å². The summed E-state index contributed by atoms with van der Waals surface area (Å²) in [6.07, 6.45) is 0. The molecule has 0 nitrogen and oxygen atoms in total. The second-order valence-electron chi connectivity index (χ2n) is 6.26. The van der Waals surface area contributed by atoms with Crippen LogP contribution in [0.1, 0.15) is 27.7 Å². The van der Waals surface area contributed by atoms with Crippen LogP contribution < -0.4 is 5.30 Å². The first kappa shape index (κ1) is 14.7. The van der Waals surface area contributed by atoms with Crippen molar-refractivity contribution in [1.82, 2.24) is 0 Å². The molecule has 0 radical (unpaired) electrons. The van der Waals surface area contributed by atoms with Crippen LogP contribution in [0.5, 0.6) is 0 Å². The van der Waals surface area contributed by atoms with Crippen LogP contribution in [0.25, 0.3) is 0 Å². The highest BCUT2D eigenvalue weighted by Crippen LogP contribution is 2.51. The van der Waals surface area contributed by atoms with E-state index in [-0.39, 0.29) is 0 Å². The summed E-state index contributed by atoms with van der Waals surface area (Å²) in [5.41, 5.74) is 7.10. The Balaban J connectivity index is 2.31. The highest BCUT2D eigenvalue weighted by atomic mass is 31.3. The van der Waals surface area contributed by atoms with Gasteiger partial charge in [0.15, 0.2) is 0 Å². The zero-order chi connectivity index (χ0) is 14.2. The smallest absolute Gasteiger partial charge is 0.0880 e. The van der Waals surface area contributed by atoms with Crippen molar-refractivity contribution in [1.29, 1.82) is 0 Å². The first-order valence-electron chi connectivity index (χ1n) is 7.03. The average Bonchev–Trinajstić information content (AvgIpc) is 2.55. The highest BCUT2D eigenvalue weighted by Gasteiger charge is 2.38. The fourth-order valence-corrected chi connectivity index (χ4v) is 11.7. The molecule has 0 amide bonds. The van der Waals surface area contributed by atoms with E-state index in [1.165, 1.54) is 5.30 Å². The molecule has 0 heterocycles. The van der Waals surface area contributed by atoms with Gasteiger partial charge in [0.05, 0.1) is 7.74 Å². The van der Waals surface area contributed by atoms with Crippen molar-refractivity contribution in [3.8, 4) is 0 Å². The van der Waals surface area contributed by atoms with Gasteiger partial charge < -0.3 is 0 Å². The summed E-state index contributed by atoms with van der Waals surface area (Å²) in [5, 5.41) is 1.53. The summed E-state index contributed by atoms with van der Waals surface area (Å²) < 4.78 is 0. The maximum absolute atomic E-state index is 2.56. The van der Waals surface area contributed by atoms with Crippen molar-refractivity contribution in [3.63, 3.8) is 0 Å². The Labute approximate surface area is 120 Å². The summed E-state index contributed by atoms with van der Waals surface area (Å²) >= 11 is 0. The van der Waals surface area contributed by atoms with Crippen molar-refractivity contribution in [2.45, 2.75) is 46.3 Å². The molecular formula is C17H25PSi. The maximum atomic E-state index is 2.56. The molecule has 1 unspecified atom stereocenters. The van der Waals surface area contributed by atoms with E-state index in [1.807, 2.05) is 0 Å². The molecule has 0 aromatic heterocycles. The zero-order valence-corrected chi connectivity index (χ0v) is 15.0. The van der Waals surface area contributed by atoms with Crippen molar-refractivity contribution in [3.05, 3.63) is 52.6 Å². The minimum absolute atomic E-state index is 0.742. The Morgan fingerprint density at radius 2 is 1.32 bits per heavy atom. The Morgan fingerprint density at radius 1 is 0.842 bits per heavy atom. The summed E-state index contributed by atoms with van der Waals surface area (Å²) in [6, 6.07) is 11.0. The molecule has 1 aromatic carbocycles. The largest absolute Gasteiger partial charge is 0.101 e. The van der Waals surface area contributed by atoms with Crippen molar-refractivity contribution in [2.75, 3.05) is 0 Å². The van der Waals surface area contributed by atoms with Gasteiger partial charge in [-0.15, -0.1) is 8.13 Å². The van der Waals surface area contributed by atoms with E-state index in [9.17, 15) is 0 Å². The van der Waals surface area contributed by atoms with Gasteiger partial charge in [-0.1, -0.05) is 54.6 Å². The van der Waals surface area contributed by atoms with Crippen LogP contribution in [0.15, 0.2) is 52.6 Å². The van der Waals surface area contributed by atoms with Crippen LogP contribution in [0.3, 0.4) is 0 Å². The molecular weight excluding hydrogens is 263 g/mol. The second-order valence-corrected chi connectivity index (χ2v) is 15.7. The summed E-state index contributed by atoms with van der Waals surface area (Å²) in [7, 11) is -0.322. The lowest BCUT2D eigenvalue weighted by molar-refractivity contribution is 1.09. The molecule has 2 heteroatoms. The third kappa shape index (κ3) is 2.78. The van der Waals surface area contributed by atoms with Crippen LogP contribution in [0, 0.1) is 0 Å². The summed E-state index contributed by atoms with van der Waals surface area (Å²) in [4.78, 5) is 0. The van der Waals surface area contributed by atoms with Gasteiger partial charge in [-0.2, -0.15) is 0 Å². The molecule has 0 saturated heterocycles. The topological polar surface area (TPSA) is 0 Å². The SMILES string of the molecule is CC1=C(C)C([Si](C)(C)Pc2ccccc2)C(C)=C1C. The van der Waals surface area contributed by atoms with Gasteiger partial charge in [0.25, 0.3) is 0 Å². The van der Waals surface area contributed by atoms with Crippen LogP contribution in [-0.4, -0.2) is 7.74 Å². The molecule has 0 saturated carbocycles. The van der Waals surface area contributed by atoms with E-state index >= 15 is 0 Å². The molecule has 2 rings (SSSR count). The van der Waals surface area contributed by atoms with Crippen LogP contribution in [0.4, 0.5) is 0 Å². The molecule has 102 valence electrons. The van der Waals surface area contributed by atoms with E-state index in [0.717, 1.165) is 13.7 Å². The Hall–Kier alpha value is -0.653. The number of hydrogen-bond donors (Lipinski definition) is 0. The predicted octanol–water partition coefficient (Wildman–Crippen LogP) is 5.25. The first-order chi connectivity index (χ1) is 8.84. The highest BCUT2D eigenvalue weighted by molar-refractivity contribution is 7.87. The number of hydrogen-bond acceptors (Lipinski definition) is 0. The third-order valence-corrected chi connectivity index (χ3v) is 11.8. The maximum Gasteiger partial charge on any atom is 0.0880 e. The first-order valence-corrected chi connectivity index (χ1v) is 12.1. The van der Waals surface area contributed by atoms with Gasteiger partial charge in [0.2, 0.25) is 0 Å². The van der Waals surface area contributed by atoms with E-state index < -0.39 is 7.74 Å². The van der Waals surface area contributed by atoms with E-state index in [2.05, 4.69) is 71.1 Å². The molecule has 0 N–H and O–H groups in total. The normalized spacial score (nSPS) is 18.2. The van der Waals surface area contributed by atoms with E-state index in [4.69, 9.17) is 0 Å². The molecule has 19 heavy (non-hydrogen) atoms. The number of allylic oxidation sites excluding steroid dienone is 4. The number of rotatable bonds is 3. The van der Waals surface area contributed by atoms with Crippen molar-refractivity contribution in [2.24, 2.45) is 0 Å². The lowest BCUT2D eigenvalue weighted by Gasteiger charge is -2.32. The molecule has 0 aliphatic heterocycles. The second kappa shape index (κ2) is 5.38. The third-order valence-electron chi connectivity index (χ3n) is 4.57. The Morgan fingerprint density at radius 3 is 1.79 bits per heavy atom. The molecule has 1 atom stereocenters. The van der Waals surface area contributed by atoms with Gasteiger partial charge >= 0.3 is 0 Å². The minimum atomic E-state index is -1.31. The fourth-order valence-electron chi connectivity index (χ4n) is 3.40. The minimum Gasteiger partial charge on any atom is -0.101 e. The number of benzene rings is 1. The molecule has 1 aliphatic rings. The van der Waals surface area contributed by atoms with Gasteiger partial charge in [-0.05, 0) is 44.1 Å². The Bertz CT molecular complexity index is 514. The van der Waals surface area contributed by atoms with Gasteiger partial charge in [0, 0.05) is 5.54 Å². The van der Waals surface area contributed by atoms with Gasteiger partial charge in [-0.25, -0.2) is 0 Å². The van der Waals surface area contributed by atoms with Gasteiger partial charge in [0.1, 0.15) is 0 Å². The molecule has 0 spiro atoms. The van der Waals surface area contributed by atoms with Crippen molar-refractivity contribution < 1.29 is 0 Å². The summed E-state index contributed by atoms with van der Waals surface area (Å²) in [5.74, 6) is 0. The van der Waals surface area contributed by atoms with Crippen LogP contribution >= 0.6 is 8.13 Å². The lowest BCUT2D eigenvalue weighted by atomic mass is 10.1. The molecule has 1 aromatic rings. The molecule has 0 fully saturated rings. The predicted molar refractivity (Wildman–Crippen MR) is 92.4 cm³/mol. The molecule has 1 aliphatic carbocycles. The van der Waals surface area contributed by atoms with E-state index in [0.29, 0.717) is 0 Å². The standard InChI is InChI=1S/C17H25PSi/c1-12-13(2)15(4)17(14(12)3)19(5,6)18-16-10-8-7-9-11-16/h7-11,17-18H,1-6H3. The van der Waals surface area contributed by atoms with Crippen LogP contribution in [0.2, 0.25) is 18.6 Å². The lowest BCUT2D eigenvalue weighted by Crippen LogP contribution is -2.30. The fraction of sp³-hybridized carbons (Fsp3) is 0.412. The molecule has 0 bridgehead atoms. The summed E-state index contributed by atoms with van der Waals surface area (Å²) in [6.45, 7) is 14.4. The Kier molecular flexibility index (Phi) is 4.18. The quantitative estimate of drug-likeness (QED) is 0.526. The van der Waals surface area contributed by atoms with E-state index in [1.54, 1.807) is 22.3 Å². The van der Waals surface area contributed by atoms with Gasteiger partial charge in [-0.3, -0.25) is 0 Å². The monoisotopic (exact) mass is 288 g/mol.